The van der Waals surface area contributed by atoms with E-state index in [-0.39, 0.29) is 5.91 Å². The van der Waals surface area contributed by atoms with Gasteiger partial charge in [-0.25, -0.2) is 9.97 Å². The average molecular weight is 347 g/mol. The number of pyridine rings is 2. The third kappa shape index (κ3) is 2.75. The molecule has 3 aromatic rings. The fourth-order valence-electron chi connectivity index (χ4n) is 3.37. The standard InChI is InChI=1S/C20H21N5O/c1-12-18-15(20(26)22-11-13-5-6-13)10-16(14-7-8-14)23-19(18)25(24-12)17-4-2-3-9-21-17/h2-4,9-10,13-14H,5-8,11H2,1H3,(H,22,26). The molecule has 132 valence electrons. The highest BCUT2D eigenvalue weighted by Crippen LogP contribution is 2.40. The van der Waals surface area contributed by atoms with Crippen LogP contribution in [0.5, 0.6) is 0 Å². The minimum atomic E-state index is -0.0186. The Morgan fingerprint density at radius 3 is 2.81 bits per heavy atom. The second-order valence-corrected chi connectivity index (χ2v) is 7.41. The van der Waals surface area contributed by atoms with E-state index in [2.05, 4.69) is 15.4 Å². The van der Waals surface area contributed by atoms with Gasteiger partial charge in [-0.3, -0.25) is 4.79 Å². The van der Waals surface area contributed by atoms with Crippen LogP contribution in [0.25, 0.3) is 16.9 Å². The lowest BCUT2D eigenvalue weighted by molar-refractivity contribution is 0.0953. The maximum absolute atomic E-state index is 12.9. The van der Waals surface area contributed by atoms with Crippen molar-refractivity contribution in [3.05, 3.63) is 47.4 Å². The van der Waals surface area contributed by atoms with Crippen molar-refractivity contribution in [2.45, 2.75) is 38.5 Å². The van der Waals surface area contributed by atoms with Gasteiger partial charge in [0.2, 0.25) is 0 Å². The van der Waals surface area contributed by atoms with Gasteiger partial charge in [0.05, 0.1) is 16.6 Å². The van der Waals surface area contributed by atoms with Gasteiger partial charge in [-0.05, 0) is 56.7 Å². The van der Waals surface area contributed by atoms with Crippen molar-refractivity contribution in [3.8, 4) is 5.82 Å². The van der Waals surface area contributed by atoms with E-state index in [1.807, 2.05) is 31.2 Å². The summed E-state index contributed by atoms with van der Waals surface area (Å²) in [6.07, 6.45) is 6.45. The maximum Gasteiger partial charge on any atom is 0.252 e. The molecule has 2 saturated carbocycles. The van der Waals surface area contributed by atoms with Crippen LogP contribution in [0.4, 0.5) is 0 Å². The number of amides is 1. The predicted molar refractivity (Wildman–Crippen MR) is 98.4 cm³/mol. The number of hydrogen-bond donors (Lipinski definition) is 1. The van der Waals surface area contributed by atoms with Crippen molar-refractivity contribution < 1.29 is 4.79 Å². The molecule has 0 spiro atoms. The van der Waals surface area contributed by atoms with Gasteiger partial charge in [0.25, 0.3) is 5.91 Å². The highest BCUT2D eigenvalue weighted by Gasteiger charge is 2.29. The zero-order valence-corrected chi connectivity index (χ0v) is 14.8. The summed E-state index contributed by atoms with van der Waals surface area (Å²) in [4.78, 5) is 22.2. The van der Waals surface area contributed by atoms with E-state index >= 15 is 0 Å². The Hall–Kier alpha value is -2.76. The molecular weight excluding hydrogens is 326 g/mol. The number of nitrogens with one attached hydrogen (secondary N) is 1. The topological polar surface area (TPSA) is 72.7 Å². The SMILES string of the molecule is Cc1nn(-c2ccccn2)c2nc(C3CC3)cc(C(=O)NCC3CC3)c12. The Labute approximate surface area is 151 Å². The summed E-state index contributed by atoms with van der Waals surface area (Å²) in [7, 11) is 0. The molecule has 6 heteroatoms. The summed E-state index contributed by atoms with van der Waals surface area (Å²) < 4.78 is 1.76. The molecule has 0 saturated heterocycles. The molecule has 2 aliphatic rings. The molecule has 1 N–H and O–H groups in total. The van der Waals surface area contributed by atoms with Crippen LogP contribution >= 0.6 is 0 Å². The Bertz CT molecular complexity index is 986. The van der Waals surface area contributed by atoms with E-state index in [1.54, 1.807) is 10.9 Å². The first-order valence-corrected chi connectivity index (χ1v) is 9.30. The van der Waals surface area contributed by atoms with Crippen molar-refractivity contribution in [2.75, 3.05) is 6.54 Å². The Morgan fingerprint density at radius 1 is 1.27 bits per heavy atom. The van der Waals surface area contributed by atoms with E-state index < -0.39 is 0 Å². The van der Waals surface area contributed by atoms with Crippen LogP contribution in [-0.2, 0) is 0 Å². The maximum atomic E-state index is 12.9. The molecular formula is C20H21N5O. The van der Waals surface area contributed by atoms with E-state index in [9.17, 15) is 4.79 Å². The molecule has 0 unspecified atom stereocenters. The van der Waals surface area contributed by atoms with Gasteiger partial charge in [-0.1, -0.05) is 6.07 Å². The summed E-state index contributed by atoms with van der Waals surface area (Å²) in [6, 6.07) is 7.69. The summed E-state index contributed by atoms with van der Waals surface area (Å²) in [5.74, 6) is 1.81. The fourth-order valence-corrected chi connectivity index (χ4v) is 3.37. The quantitative estimate of drug-likeness (QED) is 0.769. The summed E-state index contributed by atoms with van der Waals surface area (Å²) in [5.41, 5.74) is 3.21. The van der Waals surface area contributed by atoms with Gasteiger partial charge >= 0.3 is 0 Å². The number of aromatic nitrogens is 4. The molecule has 0 aliphatic heterocycles. The molecule has 1 amide bonds. The lowest BCUT2D eigenvalue weighted by atomic mass is 10.1. The normalized spacial score (nSPS) is 16.8. The van der Waals surface area contributed by atoms with Crippen LogP contribution in [0.3, 0.4) is 0 Å². The van der Waals surface area contributed by atoms with Gasteiger partial charge in [0.1, 0.15) is 0 Å². The number of nitrogens with zero attached hydrogens (tertiary/aromatic N) is 4. The van der Waals surface area contributed by atoms with Gasteiger partial charge in [-0.2, -0.15) is 9.78 Å². The predicted octanol–water partition coefficient (Wildman–Crippen LogP) is 3.14. The highest BCUT2D eigenvalue weighted by atomic mass is 16.1. The Morgan fingerprint density at radius 2 is 2.12 bits per heavy atom. The Kier molecular flexibility index (Phi) is 3.51. The van der Waals surface area contributed by atoms with Crippen LogP contribution in [0.15, 0.2) is 30.5 Å². The summed E-state index contributed by atoms with van der Waals surface area (Å²) >= 11 is 0. The largest absolute Gasteiger partial charge is 0.352 e. The molecule has 2 fully saturated rings. The van der Waals surface area contributed by atoms with Gasteiger partial charge < -0.3 is 5.32 Å². The lowest BCUT2D eigenvalue weighted by Crippen LogP contribution is -2.26. The van der Waals surface area contributed by atoms with Crippen LogP contribution in [0.1, 0.15) is 53.3 Å². The molecule has 6 nitrogen and oxygen atoms in total. The first-order valence-electron chi connectivity index (χ1n) is 9.30. The molecule has 0 atom stereocenters. The minimum Gasteiger partial charge on any atom is -0.352 e. The van der Waals surface area contributed by atoms with Crippen LogP contribution < -0.4 is 5.32 Å². The number of carbonyl (C=O) groups excluding carboxylic acids is 1. The summed E-state index contributed by atoms with van der Waals surface area (Å²) in [6.45, 7) is 2.69. The molecule has 26 heavy (non-hydrogen) atoms. The lowest BCUT2D eigenvalue weighted by Gasteiger charge is -2.09. The second-order valence-electron chi connectivity index (χ2n) is 7.41. The zero-order valence-electron chi connectivity index (χ0n) is 14.8. The number of aryl methyl sites for hydroxylation is 1. The highest BCUT2D eigenvalue weighted by molar-refractivity contribution is 6.06. The summed E-state index contributed by atoms with van der Waals surface area (Å²) in [5, 5.41) is 8.57. The molecule has 3 aromatic heterocycles. The third-order valence-corrected chi connectivity index (χ3v) is 5.19. The monoisotopic (exact) mass is 347 g/mol. The average Bonchev–Trinajstić information content (AvgIpc) is 3.58. The molecule has 3 heterocycles. The minimum absolute atomic E-state index is 0.0186. The van der Waals surface area contributed by atoms with E-state index in [0.29, 0.717) is 17.4 Å². The number of fused-ring (bicyclic) bond motifs is 1. The molecule has 0 aromatic carbocycles. The molecule has 0 radical (unpaired) electrons. The van der Waals surface area contributed by atoms with E-state index in [4.69, 9.17) is 4.98 Å². The Balaban J connectivity index is 1.65. The molecule has 0 bridgehead atoms. The fraction of sp³-hybridized carbons (Fsp3) is 0.400. The molecule has 2 aliphatic carbocycles. The van der Waals surface area contributed by atoms with Gasteiger partial charge in [0, 0.05) is 24.4 Å². The van der Waals surface area contributed by atoms with Crippen molar-refractivity contribution in [3.63, 3.8) is 0 Å². The van der Waals surface area contributed by atoms with Gasteiger partial charge in [-0.15, -0.1) is 0 Å². The molecule has 5 rings (SSSR count). The zero-order chi connectivity index (χ0) is 17.7. The van der Waals surface area contributed by atoms with Crippen LogP contribution in [-0.4, -0.2) is 32.2 Å². The van der Waals surface area contributed by atoms with Crippen LogP contribution in [0.2, 0.25) is 0 Å². The number of carbonyl (C=O) groups is 1. The second kappa shape index (κ2) is 5.90. The van der Waals surface area contributed by atoms with E-state index in [0.717, 1.165) is 47.6 Å². The first kappa shape index (κ1) is 15.5. The van der Waals surface area contributed by atoms with Crippen molar-refractivity contribution >= 4 is 16.9 Å². The smallest absolute Gasteiger partial charge is 0.252 e. The van der Waals surface area contributed by atoms with Crippen molar-refractivity contribution in [2.24, 2.45) is 5.92 Å². The number of hydrogen-bond acceptors (Lipinski definition) is 4. The van der Waals surface area contributed by atoms with Crippen molar-refractivity contribution in [1.29, 1.82) is 0 Å². The third-order valence-electron chi connectivity index (χ3n) is 5.19. The van der Waals surface area contributed by atoms with Crippen LogP contribution in [0, 0.1) is 12.8 Å². The van der Waals surface area contributed by atoms with E-state index in [1.165, 1.54) is 12.8 Å². The first-order chi connectivity index (χ1) is 12.7. The number of rotatable bonds is 5. The van der Waals surface area contributed by atoms with Crippen molar-refractivity contribution in [1.82, 2.24) is 25.1 Å². The van der Waals surface area contributed by atoms with Gasteiger partial charge in [0.15, 0.2) is 11.5 Å².